The average Bonchev–Trinajstić information content (AvgIpc) is 2.77. The molecule has 0 radical (unpaired) electrons. The molecule has 0 spiro atoms. The number of amidine groups is 1. The summed E-state index contributed by atoms with van der Waals surface area (Å²) in [5.41, 5.74) is 22.2. The van der Waals surface area contributed by atoms with Crippen molar-refractivity contribution in [3.05, 3.63) is 59.2 Å². The molecule has 1 atom stereocenters. The van der Waals surface area contributed by atoms with Gasteiger partial charge < -0.3 is 27.8 Å². The molecule has 1 aliphatic rings. The lowest BCUT2D eigenvalue weighted by Crippen LogP contribution is -2.24. The fourth-order valence-electron chi connectivity index (χ4n) is 3.47. The zero-order valence-corrected chi connectivity index (χ0v) is 19.0. The predicted octanol–water partition coefficient (Wildman–Crippen LogP) is 2.99. The summed E-state index contributed by atoms with van der Waals surface area (Å²) < 4.78 is 0. The van der Waals surface area contributed by atoms with Gasteiger partial charge in [0.1, 0.15) is 5.84 Å². The van der Waals surface area contributed by atoms with Crippen molar-refractivity contribution >= 4 is 40.6 Å². The highest BCUT2D eigenvalue weighted by atomic mass is 16.2. The second-order valence-corrected chi connectivity index (χ2v) is 7.91. The molecule has 33 heavy (non-hydrogen) atoms. The topological polar surface area (TPSA) is 169 Å². The van der Waals surface area contributed by atoms with Gasteiger partial charge in [0.05, 0.1) is 11.4 Å². The molecular weight excluding hydrogens is 418 g/mol. The molecule has 8 N–H and O–H groups in total. The quantitative estimate of drug-likeness (QED) is 0.270. The number of nitrogens with two attached hydrogens (primary N) is 3. The van der Waals surface area contributed by atoms with Gasteiger partial charge >= 0.3 is 6.03 Å². The summed E-state index contributed by atoms with van der Waals surface area (Å²) in [4.78, 5) is 12.5. The smallest absolute Gasteiger partial charge is 0.323 e. The third-order valence-electron chi connectivity index (χ3n) is 5.14. The average molecular weight is 448 g/mol. The lowest BCUT2D eigenvalue weighted by molar-refractivity contribution is 0.262. The number of fused-ring (bicyclic) bond motifs is 1. The Morgan fingerprint density at radius 3 is 2.27 bits per heavy atom. The number of amides is 2. The Labute approximate surface area is 192 Å². The van der Waals surface area contributed by atoms with Gasteiger partial charge in [-0.15, -0.1) is 10.2 Å². The summed E-state index contributed by atoms with van der Waals surface area (Å²) in [6.07, 6.45) is 1.80. The largest absolute Gasteiger partial charge is 0.386 e. The molecule has 0 aromatic heterocycles. The molecule has 10 nitrogen and oxygen atoms in total. The van der Waals surface area contributed by atoms with Crippen LogP contribution in [0.1, 0.15) is 43.9 Å². The monoisotopic (exact) mass is 447 g/mol. The number of nitrogens with zero attached hydrogens (tertiary/aromatic N) is 4. The maximum Gasteiger partial charge on any atom is 0.323 e. The van der Waals surface area contributed by atoms with Crippen LogP contribution in [0.3, 0.4) is 0 Å². The molecule has 10 heteroatoms. The maximum absolute atomic E-state index is 12.5. The minimum Gasteiger partial charge on any atom is -0.386 e. The molecule has 2 amide bonds. The van der Waals surface area contributed by atoms with Crippen LogP contribution >= 0.6 is 0 Å². The van der Waals surface area contributed by atoms with E-state index in [1.807, 2.05) is 37.3 Å². The van der Waals surface area contributed by atoms with Gasteiger partial charge in [-0.05, 0) is 62.1 Å². The normalized spacial score (nSPS) is 17.3. The van der Waals surface area contributed by atoms with Crippen LogP contribution in [-0.4, -0.2) is 29.2 Å². The van der Waals surface area contributed by atoms with Gasteiger partial charge in [-0.1, -0.05) is 25.1 Å². The Hall–Kier alpha value is -4.21. The third kappa shape index (κ3) is 6.39. The summed E-state index contributed by atoms with van der Waals surface area (Å²) in [5, 5.41) is 21.6. The number of hydrogen-bond donors (Lipinski definition) is 5. The van der Waals surface area contributed by atoms with E-state index in [4.69, 9.17) is 17.2 Å². The Morgan fingerprint density at radius 2 is 1.61 bits per heavy atom. The number of carbonyl (C=O) groups excluding carboxylic acids is 1. The lowest BCUT2D eigenvalue weighted by atomic mass is 9.83. The maximum atomic E-state index is 12.5. The number of anilines is 2. The lowest BCUT2D eigenvalue weighted by Gasteiger charge is -2.23. The van der Waals surface area contributed by atoms with Crippen molar-refractivity contribution in [2.24, 2.45) is 43.5 Å². The number of guanidine groups is 1. The van der Waals surface area contributed by atoms with Gasteiger partial charge in [-0.25, -0.2) is 4.79 Å². The van der Waals surface area contributed by atoms with Gasteiger partial charge in [0.25, 0.3) is 0 Å². The summed E-state index contributed by atoms with van der Waals surface area (Å²) in [6, 6.07) is 12.7. The molecule has 0 aliphatic heterocycles. The molecule has 172 valence electrons. The molecular formula is C23H29N9O. The first-order valence-electron chi connectivity index (χ1n) is 10.6. The number of carbonyl (C=O) groups is 1. The summed E-state index contributed by atoms with van der Waals surface area (Å²) in [5.74, 6) is 0.551. The molecule has 0 bridgehead atoms. The molecule has 1 aliphatic carbocycles. The number of rotatable bonds is 5. The zero-order valence-electron chi connectivity index (χ0n) is 19.0. The van der Waals surface area contributed by atoms with Gasteiger partial charge in [0.2, 0.25) is 5.96 Å². The van der Waals surface area contributed by atoms with E-state index < -0.39 is 0 Å². The molecule has 3 rings (SSSR count). The SMILES string of the molecule is C/C(N)=N/N=C(\C)c1ccc(NC(=O)Nc2ccc3c(c2)CCC(C)/C3=N\N=C(N)N)cc1. The molecule has 1 unspecified atom stereocenters. The first-order valence-corrected chi connectivity index (χ1v) is 10.6. The Balaban J connectivity index is 1.68. The van der Waals surface area contributed by atoms with Crippen LogP contribution in [0.4, 0.5) is 16.2 Å². The van der Waals surface area contributed by atoms with Crippen molar-refractivity contribution < 1.29 is 4.79 Å². The van der Waals surface area contributed by atoms with E-state index in [-0.39, 0.29) is 17.9 Å². The van der Waals surface area contributed by atoms with Crippen LogP contribution in [0, 0.1) is 5.92 Å². The van der Waals surface area contributed by atoms with Crippen LogP contribution in [0.25, 0.3) is 0 Å². The van der Waals surface area contributed by atoms with E-state index in [2.05, 4.69) is 38.0 Å². The second-order valence-electron chi connectivity index (χ2n) is 7.91. The van der Waals surface area contributed by atoms with Crippen molar-refractivity contribution in [3.63, 3.8) is 0 Å². The van der Waals surface area contributed by atoms with Gasteiger partial charge in [-0.2, -0.15) is 10.2 Å². The van der Waals surface area contributed by atoms with Crippen molar-refractivity contribution in [2.75, 3.05) is 10.6 Å². The van der Waals surface area contributed by atoms with E-state index >= 15 is 0 Å². The highest BCUT2D eigenvalue weighted by Gasteiger charge is 2.23. The Kier molecular flexibility index (Phi) is 7.39. The molecule has 2 aromatic rings. The molecule has 0 saturated carbocycles. The van der Waals surface area contributed by atoms with E-state index in [9.17, 15) is 4.79 Å². The molecule has 0 heterocycles. The van der Waals surface area contributed by atoms with Crippen LogP contribution < -0.4 is 27.8 Å². The summed E-state index contributed by atoms with van der Waals surface area (Å²) in [7, 11) is 0. The minimum atomic E-state index is -0.338. The Morgan fingerprint density at radius 1 is 0.939 bits per heavy atom. The van der Waals surface area contributed by atoms with Gasteiger partial charge in [0.15, 0.2) is 0 Å². The van der Waals surface area contributed by atoms with Crippen LogP contribution in [-0.2, 0) is 6.42 Å². The highest BCUT2D eigenvalue weighted by Crippen LogP contribution is 2.28. The van der Waals surface area contributed by atoms with Crippen LogP contribution in [0.2, 0.25) is 0 Å². The van der Waals surface area contributed by atoms with Gasteiger partial charge in [0, 0.05) is 22.9 Å². The summed E-state index contributed by atoms with van der Waals surface area (Å²) >= 11 is 0. The second kappa shape index (κ2) is 10.4. The van der Waals surface area contributed by atoms with Crippen molar-refractivity contribution in [1.82, 2.24) is 0 Å². The standard InChI is InChI=1S/C23H29N9O/c1-13-4-5-17-12-19(10-11-20(17)21(13)31-32-22(25)26)28-23(33)27-18-8-6-16(7-9-18)14(2)29-30-15(3)24/h6-13H,4-5H2,1-3H3,(H2,24,30)(H4,25,26,32)(H2,27,28,33)/b29-14+,31-21+. The fraction of sp³-hybridized carbons (Fsp3) is 0.261. The predicted molar refractivity (Wildman–Crippen MR) is 135 cm³/mol. The Bertz CT molecular complexity index is 1140. The number of hydrogen-bond acceptors (Lipinski definition) is 5. The number of aryl methyl sites for hydroxylation is 1. The van der Waals surface area contributed by atoms with E-state index in [0.717, 1.165) is 41.0 Å². The van der Waals surface area contributed by atoms with E-state index in [1.165, 1.54) is 0 Å². The fourth-order valence-corrected chi connectivity index (χ4v) is 3.47. The van der Waals surface area contributed by atoms with E-state index in [0.29, 0.717) is 17.2 Å². The number of urea groups is 1. The summed E-state index contributed by atoms with van der Waals surface area (Å²) in [6.45, 7) is 5.60. The number of nitrogens with one attached hydrogen (secondary N) is 2. The third-order valence-corrected chi connectivity index (χ3v) is 5.14. The van der Waals surface area contributed by atoms with Crippen LogP contribution in [0.15, 0.2) is 62.9 Å². The van der Waals surface area contributed by atoms with Crippen molar-refractivity contribution in [3.8, 4) is 0 Å². The highest BCUT2D eigenvalue weighted by molar-refractivity contribution is 6.06. The first kappa shape index (κ1) is 23.5. The van der Waals surface area contributed by atoms with Crippen molar-refractivity contribution in [2.45, 2.75) is 33.6 Å². The minimum absolute atomic E-state index is 0.0774. The molecule has 0 saturated heterocycles. The van der Waals surface area contributed by atoms with Crippen molar-refractivity contribution in [1.29, 1.82) is 0 Å². The van der Waals surface area contributed by atoms with Gasteiger partial charge in [-0.3, -0.25) is 0 Å². The zero-order chi connectivity index (χ0) is 24.0. The number of benzene rings is 2. The molecule has 2 aromatic carbocycles. The van der Waals surface area contributed by atoms with E-state index in [1.54, 1.807) is 19.1 Å². The first-order chi connectivity index (χ1) is 15.7. The molecule has 0 fully saturated rings. The van der Waals surface area contributed by atoms with Crippen LogP contribution in [0.5, 0.6) is 0 Å².